The standard InChI is InChI=1S/C17H20FNO4S/c18-15-5-3-12(4-6-15)16(20)13-2-1-8-19(10-13)17(21)14-7-9-24(22,23)11-14/h3-6,13-14H,1-2,7-11H2/t13-,14+/m1/s1. The second-order valence-corrected chi connectivity index (χ2v) is 8.82. The van der Waals surface area contributed by atoms with Crippen molar-refractivity contribution in [2.75, 3.05) is 24.6 Å². The predicted molar refractivity (Wildman–Crippen MR) is 86.8 cm³/mol. The Labute approximate surface area is 140 Å². The monoisotopic (exact) mass is 353 g/mol. The number of carbonyl (C=O) groups is 2. The fourth-order valence-corrected chi connectivity index (χ4v) is 5.22. The second-order valence-electron chi connectivity index (χ2n) is 6.59. The lowest BCUT2D eigenvalue weighted by atomic mass is 9.89. The number of hydrogen-bond acceptors (Lipinski definition) is 4. The Bertz CT molecular complexity index is 744. The van der Waals surface area contributed by atoms with Gasteiger partial charge < -0.3 is 4.90 Å². The Balaban J connectivity index is 1.67. The molecule has 0 aliphatic carbocycles. The lowest BCUT2D eigenvalue weighted by molar-refractivity contribution is -0.136. The summed E-state index contributed by atoms with van der Waals surface area (Å²) in [6.45, 7) is 0.869. The van der Waals surface area contributed by atoms with Crippen molar-refractivity contribution < 1.29 is 22.4 Å². The van der Waals surface area contributed by atoms with Gasteiger partial charge in [-0.3, -0.25) is 9.59 Å². The molecule has 0 aromatic heterocycles. The van der Waals surface area contributed by atoms with Crippen molar-refractivity contribution >= 4 is 21.5 Å². The first-order valence-corrected chi connectivity index (χ1v) is 9.97. The largest absolute Gasteiger partial charge is 0.342 e. The molecule has 2 atom stereocenters. The van der Waals surface area contributed by atoms with Gasteiger partial charge in [0.05, 0.1) is 17.4 Å². The van der Waals surface area contributed by atoms with Crippen molar-refractivity contribution in [3.63, 3.8) is 0 Å². The molecule has 1 aromatic carbocycles. The van der Waals surface area contributed by atoms with Gasteiger partial charge in [-0.05, 0) is 43.5 Å². The van der Waals surface area contributed by atoms with Crippen molar-refractivity contribution in [1.82, 2.24) is 4.90 Å². The van der Waals surface area contributed by atoms with Crippen LogP contribution in [0.25, 0.3) is 0 Å². The van der Waals surface area contributed by atoms with Crippen LogP contribution in [-0.4, -0.2) is 49.6 Å². The van der Waals surface area contributed by atoms with Crippen molar-refractivity contribution in [2.24, 2.45) is 11.8 Å². The van der Waals surface area contributed by atoms with Gasteiger partial charge in [0.2, 0.25) is 5.91 Å². The van der Waals surface area contributed by atoms with E-state index in [1.807, 2.05) is 0 Å². The molecule has 0 bridgehead atoms. The van der Waals surface area contributed by atoms with Crippen LogP contribution in [0.15, 0.2) is 24.3 Å². The molecular weight excluding hydrogens is 333 g/mol. The molecule has 1 amide bonds. The summed E-state index contributed by atoms with van der Waals surface area (Å²) in [5.74, 6) is -1.46. The number of sulfone groups is 1. The molecule has 0 N–H and O–H groups in total. The number of likely N-dealkylation sites (tertiary alicyclic amines) is 1. The summed E-state index contributed by atoms with van der Waals surface area (Å²) in [6.07, 6.45) is 1.76. The Kier molecular flexibility index (Phi) is 4.71. The van der Waals surface area contributed by atoms with Crippen LogP contribution in [0.4, 0.5) is 4.39 Å². The van der Waals surface area contributed by atoms with Gasteiger partial charge >= 0.3 is 0 Å². The third-order valence-corrected chi connectivity index (χ3v) is 6.58. The minimum atomic E-state index is -3.11. The van der Waals surface area contributed by atoms with E-state index >= 15 is 0 Å². The lowest BCUT2D eigenvalue weighted by Gasteiger charge is -2.33. The lowest BCUT2D eigenvalue weighted by Crippen LogP contribution is -2.45. The van der Waals surface area contributed by atoms with E-state index in [1.165, 1.54) is 24.3 Å². The number of Topliss-reactive ketones (excluding diaryl/α,β-unsaturated/α-hetero) is 1. The van der Waals surface area contributed by atoms with E-state index in [4.69, 9.17) is 0 Å². The van der Waals surface area contributed by atoms with Crippen LogP contribution < -0.4 is 0 Å². The molecule has 2 saturated heterocycles. The first kappa shape index (κ1) is 17.1. The molecule has 2 heterocycles. The summed E-state index contributed by atoms with van der Waals surface area (Å²) < 4.78 is 36.1. The maximum Gasteiger partial charge on any atom is 0.226 e. The fraction of sp³-hybridized carbons (Fsp3) is 0.529. The number of amides is 1. The van der Waals surface area contributed by atoms with Crippen molar-refractivity contribution in [3.8, 4) is 0 Å². The Morgan fingerprint density at radius 2 is 1.79 bits per heavy atom. The molecule has 0 spiro atoms. The zero-order valence-electron chi connectivity index (χ0n) is 13.3. The highest BCUT2D eigenvalue weighted by Gasteiger charge is 2.37. The molecule has 0 saturated carbocycles. The zero-order valence-corrected chi connectivity index (χ0v) is 14.1. The number of ketones is 1. The molecule has 0 radical (unpaired) electrons. The van der Waals surface area contributed by atoms with Crippen LogP contribution in [-0.2, 0) is 14.6 Å². The number of nitrogens with zero attached hydrogens (tertiary/aromatic N) is 1. The molecule has 2 aliphatic heterocycles. The van der Waals surface area contributed by atoms with Crippen molar-refractivity contribution in [1.29, 1.82) is 0 Å². The van der Waals surface area contributed by atoms with E-state index in [0.29, 0.717) is 37.9 Å². The normalized spacial score (nSPS) is 26.3. The predicted octanol–water partition coefficient (Wildman–Crippen LogP) is 1.68. The van der Waals surface area contributed by atoms with Gasteiger partial charge in [-0.1, -0.05) is 0 Å². The van der Waals surface area contributed by atoms with Gasteiger partial charge in [0.25, 0.3) is 0 Å². The highest BCUT2D eigenvalue weighted by atomic mass is 32.2. The summed E-state index contributed by atoms with van der Waals surface area (Å²) in [5.41, 5.74) is 0.444. The van der Waals surface area contributed by atoms with E-state index < -0.39 is 21.6 Å². The topological polar surface area (TPSA) is 71.5 Å². The van der Waals surface area contributed by atoms with E-state index in [-0.39, 0.29) is 29.1 Å². The quantitative estimate of drug-likeness (QED) is 0.775. The number of rotatable bonds is 3. The van der Waals surface area contributed by atoms with Crippen LogP contribution in [0.5, 0.6) is 0 Å². The Morgan fingerprint density at radius 3 is 2.42 bits per heavy atom. The van der Waals surface area contributed by atoms with Crippen molar-refractivity contribution in [2.45, 2.75) is 19.3 Å². The van der Waals surface area contributed by atoms with Gasteiger partial charge in [0, 0.05) is 24.6 Å². The average Bonchev–Trinajstić information content (AvgIpc) is 2.94. The molecule has 3 rings (SSSR count). The summed E-state index contributed by atoms with van der Waals surface area (Å²) in [5, 5.41) is 0. The molecule has 24 heavy (non-hydrogen) atoms. The minimum absolute atomic E-state index is 0.0647. The third-order valence-electron chi connectivity index (χ3n) is 4.81. The molecular formula is C17H20FNO4S. The molecule has 2 aliphatic rings. The SMILES string of the molecule is O=C(c1ccc(F)cc1)[C@@H]1CCCN(C(=O)[C@H]2CCS(=O)(=O)C2)C1. The molecule has 2 fully saturated rings. The van der Waals surface area contributed by atoms with Crippen LogP contribution >= 0.6 is 0 Å². The molecule has 7 heteroatoms. The highest BCUT2D eigenvalue weighted by molar-refractivity contribution is 7.91. The molecule has 5 nitrogen and oxygen atoms in total. The van der Waals surface area contributed by atoms with Gasteiger partial charge in [0.1, 0.15) is 5.82 Å². The summed E-state index contributed by atoms with van der Waals surface area (Å²) in [7, 11) is -3.11. The number of piperidine rings is 1. The minimum Gasteiger partial charge on any atom is -0.342 e. The van der Waals surface area contributed by atoms with Gasteiger partial charge in [-0.15, -0.1) is 0 Å². The summed E-state index contributed by atoms with van der Waals surface area (Å²) in [6, 6.07) is 5.43. The van der Waals surface area contributed by atoms with E-state index in [2.05, 4.69) is 0 Å². The Hall–Kier alpha value is -1.76. The first-order valence-electron chi connectivity index (χ1n) is 8.15. The number of halogens is 1. The Morgan fingerprint density at radius 1 is 1.08 bits per heavy atom. The number of benzene rings is 1. The summed E-state index contributed by atoms with van der Waals surface area (Å²) in [4.78, 5) is 26.7. The van der Waals surface area contributed by atoms with E-state index in [1.54, 1.807) is 4.90 Å². The van der Waals surface area contributed by atoms with E-state index in [9.17, 15) is 22.4 Å². The highest BCUT2D eigenvalue weighted by Crippen LogP contribution is 2.26. The molecule has 130 valence electrons. The third kappa shape index (κ3) is 3.66. The zero-order chi connectivity index (χ0) is 17.3. The van der Waals surface area contributed by atoms with Gasteiger partial charge in [-0.2, -0.15) is 0 Å². The molecule has 1 aromatic rings. The van der Waals surface area contributed by atoms with Crippen LogP contribution in [0, 0.1) is 17.7 Å². The van der Waals surface area contributed by atoms with E-state index in [0.717, 1.165) is 0 Å². The van der Waals surface area contributed by atoms with Gasteiger partial charge in [-0.25, -0.2) is 12.8 Å². The van der Waals surface area contributed by atoms with Gasteiger partial charge in [0.15, 0.2) is 15.6 Å². The second kappa shape index (κ2) is 6.63. The number of carbonyl (C=O) groups excluding carboxylic acids is 2. The summed E-state index contributed by atoms with van der Waals surface area (Å²) >= 11 is 0. The number of hydrogen-bond donors (Lipinski definition) is 0. The van der Waals surface area contributed by atoms with Crippen LogP contribution in [0.2, 0.25) is 0 Å². The first-order chi connectivity index (χ1) is 11.4. The van der Waals surface area contributed by atoms with Crippen molar-refractivity contribution in [3.05, 3.63) is 35.6 Å². The van der Waals surface area contributed by atoms with Crippen LogP contribution in [0.1, 0.15) is 29.6 Å². The maximum atomic E-state index is 13.0. The maximum absolute atomic E-state index is 13.0. The fourth-order valence-electron chi connectivity index (χ4n) is 3.49. The average molecular weight is 353 g/mol. The molecule has 0 unspecified atom stereocenters. The van der Waals surface area contributed by atoms with Crippen LogP contribution in [0.3, 0.4) is 0 Å². The smallest absolute Gasteiger partial charge is 0.226 e.